The molecule has 9 nitrogen and oxygen atoms in total. The van der Waals surface area contributed by atoms with Gasteiger partial charge in [-0.2, -0.15) is 4.37 Å². The van der Waals surface area contributed by atoms with E-state index in [-0.39, 0.29) is 28.3 Å². The van der Waals surface area contributed by atoms with Crippen LogP contribution in [0.2, 0.25) is 0 Å². The first-order valence-electron chi connectivity index (χ1n) is 10.7. The number of carbonyl (C=O) groups is 3. The van der Waals surface area contributed by atoms with Gasteiger partial charge >= 0.3 is 0 Å². The molecule has 3 aromatic rings. The summed E-state index contributed by atoms with van der Waals surface area (Å²) in [5, 5.41) is 4.80. The lowest BCUT2D eigenvalue weighted by atomic mass is 10.1. The number of anilines is 2. The number of amides is 3. The van der Waals surface area contributed by atoms with Crippen LogP contribution in [0.3, 0.4) is 0 Å². The third-order valence-electron chi connectivity index (χ3n) is 5.50. The van der Waals surface area contributed by atoms with Crippen LogP contribution in [0, 0.1) is 6.92 Å². The number of primary amides is 1. The van der Waals surface area contributed by atoms with E-state index in [1.54, 1.807) is 6.07 Å². The number of nitrogens with one attached hydrogen (secondary N) is 1. The number of thiophene rings is 1. The van der Waals surface area contributed by atoms with Crippen molar-refractivity contribution < 1.29 is 19.1 Å². The molecule has 0 unspecified atom stereocenters. The predicted molar refractivity (Wildman–Crippen MR) is 132 cm³/mol. The number of hydrogen-bond donors (Lipinski definition) is 3. The summed E-state index contributed by atoms with van der Waals surface area (Å²) in [7, 11) is 0. The van der Waals surface area contributed by atoms with Crippen molar-refractivity contribution in [1.29, 1.82) is 0 Å². The first-order valence-corrected chi connectivity index (χ1v) is 12.4. The zero-order valence-electron chi connectivity index (χ0n) is 18.5. The largest absolute Gasteiger partial charge is 0.395 e. The summed E-state index contributed by atoms with van der Waals surface area (Å²) in [5.41, 5.74) is 12.6. The van der Waals surface area contributed by atoms with Crippen LogP contribution >= 0.6 is 22.9 Å². The Labute approximate surface area is 204 Å². The van der Waals surface area contributed by atoms with Crippen LogP contribution in [0.1, 0.15) is 49.5 Å². The number of hydrogen-bond acceptors (Lipinski definition) is 8. The van der Waals surface area contributed by atoms with Crippen molar-refractivity contribution >= 4 is 52.0 Å². The van der Waals surface area contributed by atoms with Crippen LogP contribution < -0.4 is 21.7 Å². The molecule has 11 heteroatoms. The second kappa shape index (κ2) is 10.3. The first-order chi connectivity index (χ1) is 16.4. The van der Waals surface area contributed by atoms with Crippen LogP contribution in [0.15, 0.2) is 41.8 Å². The van der Waals surface area contributed by atoms with Crippen LogP contribution in [0.4, 0.5) is 11.4 Å². The van der Waals surface area contributed by atoms with Gasteiger partial charge in [-0.3, -0.25) is 19.3 Å². The molecule has 1 fully saturated rings. The predicted octanol–water partition coefficient (Wildman–Crippen LogP) is 2.88. The van der Waals surface area contributed by atoms with Crippen molar-refractivity contribution in [3.8, 4) is 0 Å². The first kappa shape index (κ1) is 23.9. The standard InChI is InChI=1S/C23H25N5O4S2/c1-13-5-2-6-14(11-13)28(23(31)20-17(24)18(21(25)29)27-34-20)19(16-8-4-10-33-16)22(30)26-12-15-7-3-9-32-15/h2,4-6,8,10-11,15,19H,3,7,9,12,24H2,1H3,(H2,25,29)(H,26,30)/t15-,19+/m0/s1. The van der Waals surface area contributed by atoms with Gasteiger partial charge in [0, 0.05) is 23.7 Å². The quantitative estimate of drug-likeness (QED) is 0.435. The van der Waals surface area contributed by atoms with Gasteiger partial charge in [0.1, 0.15) is 4.88 Å². The molecule has 0 saturated carbocycles. The molecule has 0 bridgehead atoms. The third-order valence-corrected chi connectivity index (χ3v) is 7.28. The van der Waals surface area contributed by atoms with Crippen molar-refractivity contribution in [2.24, 2.45) is 5.73 Å². The van der Waals surface area contributed by atoms with Gasteiger partial charge in [0.05, 0.1) is 11.8 Å². The van der Waals surface area contributed by atoms with E-state index in [1.165, 1.54) is 16.2 Å². The molecule has 1 saturated heterocycles. The maximum Gasteiger partial charge on any atom is 0.273 e. The van der Waals surface area contributed by atoms with Gasteiger partial charge in [-0.25, -0.2) is 0 Å². The van der Waals surface area contributed by atoms with Gasteiger partial charge in [0.25, 0.3) is 11.8 Å². The Morgan fingerprint density at radius 3 is 2.74 bits per heavy atom. The number of carbonyl (C=O) groups excluding carboxylic acids is 3. The SMILES string of the molecule is Cc1cccc(N(C(=O)c2snc(C(N)=O)c2N)[C@@H](C(=O)NC[C@@H]2CCCO2)c2cccs2)c1. The highest BCUT2D eigenvalue weighted by Crippen LogP contribution is 2.35. The van der Waals surface area contributed by atoms with Gasteiger partial charge in [-0.05, 0) is 60.4 Å². The minimum absolute atomic E-state index is 0.0452. The zero-order valence-corrected chi connectivity index (χ0v) is 20.2. The Kier molecular flexibility index (Phi) is 7.25. The average Bonchev–Trinajstić information content (AvgIpc) is 3.57. The van der Waals surface area contributed by atoms with Crippen molar-refractivity contribution in [3.05, 3.63) is 62.8 Å². The van der Waals surface area contributed by atoms with E-state index in [0.29, 0.717) is 23.7 Å². The Morgan fingerprint density at radius 2 is 2.12 bits per heavy atom. The van der Waals surface area contributed by atoms with Gasteiger partial charge in [-0.15, -0.1) is 11.3 Å². The van der Waals surface area contributed by atoms with E-state index in [2.05, 4.69) is 9.69 Å². The Bertz CT molecular complexity index is 1190. The van der Waals surface area contributed by atoms with Crippen molar-refractivity contribution in [1.82, 2.24) is 9.69 Å². The van der Waals surface area contributed by atoms with E-state index in [4.69, 9.17) is 16.2 Å². The number of nitrogens with two attached hydrogens (primary N) is 2. The molecule has 0 aliphatic carbocycles. The molecule has 0 spiro atoms. The lowest BCUT2D eigenvalue weighted by Gasteiger charge is -2.31. The molecule has 0 radical (unpaired) electrons. The molecule has 4 rings (SSSR count). The van der Waals surface area contributed by atoms with Crippen molar-refractivity contribution in [2.75, 3.05) is 23.8 Å². The van der Waals surface area contributed by atoms with Gasteiger partial charge in [0.15, 0.2) is 11.7 Å². The highest BCUT2D eigenvalue weighted by atomic mass is 32.1. The van der Waals surface area contributed by atoms with Crippen molar-refractivity contribution in [2.45, 2.75) is 31.9 Å². The fourth-order valence-electron chi connectivity index (χ4n) is 3.84. The Hall–Kier alpha value is -3.28. The highest BCUT2D eigenvalue weighted by Gasteiger charge is 2.37. The van der Waals surface area contributed by atoms with E-state index in [1.807, 2.05) is 42.6 Å². The maximum atomic E-state index is 13.9. The highest BCUT2D eigenvalue weighted by molar-refractivity contribution is 7.10. The molecule has 5 N–H and O–H groups in total. The molecule has 2 aromatic heterocycles. The van der Waals surface area contributed by atoms with Crippen molar-refractivity contribution in [3.63, 3.8) is 0 Å². The number of rotatable bonds is 8. The van der Waals surface area contributed by atoms with E-state index in [9.17, 15) is 14.4 Å². The summed E-state index contributed by atoms with van der Waals surface area (Å²) < 4.78 is 9.60. The number of ether oxygens (including phenoxy) is 1. The minimum atomic E-state index is -0.964. The smallest absolute Gasteiger partial charge is 0.273 e. The summed E-state index contributed by atoms with van der Waals surface area (Å²) >= 11 is 2.15. The second-order valence-electron chi connectivity index (χ2n) is 7.95. The molecule has 178 valence electrons. The lowest BCUT2D eigenvalue weighted by Crippen LogP contribution is -2.45. The fraction of sp³-hybridized carbons (Fsp3) is 0.304. The molecule has 3 heterocycles. The number of nitrogens with zero attached hydrogens (tertiary/aromatic N) is 2. The van der Waals surface area contributed by atoms with Crippen LogP contribution in [-0.2, 0) is 9.53 Å². The molecule has 2 atom stereocenters. The van der Waals surface area contributed by atoms with Crippen LogP contribution in [-0.4, -0.2) is 41.4 Å². The summed E-state index contributed by atoms with van der Waals surface area (Å²) in [6.07, 6.45) is 1.78. The van der Waals surface area contributed by atoms with Gasteiger partial charge in [-0.1, -0.05) is 18.2 Å². The summed E-state index contributed by atoms with van der Waals surface area (Å²) in [5.74, 6) is -1.70. The number of aromatic nitrogens is 1. The molecule has 1 aliphatic heterocycles. The van der Waals surface area contributed by atoms with Crippen LogP contribution in [0.5, 0.6) is 0 Å². The number of aryl methyl sites for hydroxylation is 1. The van der Waals surface area contributed by atoms with Crippen LogP contribution in [0.25, 0.3) is 0 Å². The fourth-order valence-corrected chi connectivity index (χ4v) is 5.39. The Balaban J connectivity index is 1.76. The molecular weight excluding hydrogens is 474 g/mol. The summed E-state index contributed by atoms with van der Waals surface area (Å²) in [6, 6.07) is 9.95. The molecular formula is C23H25N5O4S2. The van der Waals surface area contributed by atoms with E-state index >= 15 is 0 Å². The maximum absolute atomic E-state index is 13.9. The molecule has 1 aliphatic rings. The molecule has 34 heavy (non-hydrogen) atoms. The second-order valence-corrected chi connectivity index (χ2v) is 9.70. The van der Waals surface area contributed by atoms with E-state index < -0.39 is 17.9 Å². The monoisotopic (exact) mass is 499 g/mol. The average molecular weight is 500 g/mol. The van der Waals surface area contributed by atoms with Gasteiger partial charge < -0.3 is 21.5 Å². The molecule has 1 aromatic carbocycles. The number of benzene rings is 1. The zero-order chi connectivity index (χ0) is 24.2. The van der Waals surface area contributed by atoms with E-state index in [0.717, 1.165) is 29.9 Å². The summed E-state index contributed by atoms with van der Waals surface area (Å²) in [6.45, 7) is 2.93. The van der Waals surface area contributed by atoms with Gasteiger partial charge in [0.2, 0.25) is 5.91 Å². The number of nitrogen functional groups attached to an aromatic ring is 1. The lowest BCUT2D eigenvalue weighted by molar-refractivity contribution is -0.122. The molecule has 3 amide bonds. The third kappa shape index (κ3) is 4.96. The Morgan fingerprint density at radius 1 is 1.29 bits per heavy atom. The summed E-state index contributed by atoms with van der Waals surface area (Å²) in [4.78, 5) is 41.2. The minimum Gasteiger partial charge on any atom is -0.395 e. The topological polar surface area (TPSA) is 141 Å². The normalized spacial score (nSPS) is 16.2.